The summed E-state index contributed by atoms with van der Waals surface area (Å²) in [5.41, 5.74) is 1.87. The highest BCUT2D eigenvalue weighted by molar-refractivity contribution is 7.91. The maximum Gasteiger partial charge on any atom is 0.153 e. The molecular weight excluding hydrogens is 352 g/mol. The number of fused-ring (bicyclic) bond motifs is 1. The highest BCUT2D eigenvalue weighted by atomic mass is 32.2. The average Bonchev–Trinajstić information content (AvgIpc) is 2.94. The number of rotatable bonds is 7. The van der Waals surface area contributed by atoms with E-state index >= 15 is 0 Å². The normalized spacial score (nSPS) is 26.0. The van der Waals surface area contributed by atoms with Crippen LogP contribution in [0.5, 0.6) is 5.75 Å². The van der Waals surface area contributed by atoms with Crippen LogP contribution in [0.2, 0.25) is 0 Å². The van der Waals surface area contributed by atoms with E-state index in [-0.39, 0.29) is 30.2 Å². The Labute approximate surface area is 156 Å². The second-order valence-corrected chi connectivity index (χ2v) is 9.41. The number of nitrogens with zero attached hydrogens (tertiary/aromatic N) is 2. The Balaban J connectivity index is 1.77. The molecule has 2 atom stereocenters. The van der Waals surface area contributed by atoms with Gasteiger partial charge in [-0.1, -0.05) is 13.0 Å². The van der Waals surface area contributed by atoms with Crippen LogP contribution in [-0.4, -0.2) is 73.2 Å². The molecule has 3 rings (SSSR count). The molecule has 0 saturated carbocycles. The highest BCUT2D eigenvalue weighted by Gasteiger charge is 2.46. The highest BCUT2D eigenvalue weighted by Crippen LogP contribution is 2.29. The van der Waals surface area contributed by atoms with Crippen LogP contribution in [0.1, 0.15) is 31.4 Å². The van der Waals surface area contributed by atoms with Gasteiger partial charge in [0.05, 0.1) is 24.7 Å². The van der Waals surface area contributed by atoms with E-state index in [1.165, 1.54) is 0 Å². The summed E-state index contributed by atoms with van der Waals surface area (Å²) in [6.07, 6.45) is 1.04. The Hall–Kier alpha value is -1.15. The Kier molecular flexibility index (Phi) is 6.22. The van der Waals surface area contributed by atoms with Crippen LogP contribution in [0.15, 0.2) is 18.2 Å². The van der Waals surface area contributed by atoms with Crippen molar-refractivity contribution in [2.24, 2.45) is 0 Å². The molecule has 1 aromatic rings. The van der Waals surface area contributed by atoms with Crippen molar-refractivity contribution in [1.29, 1.82) is 0 Å². The van der Waals surface area contributed by atoms with E-state index in [1.807, 2.05) is 25.1 Å². The molecule has 0 amide bonds. The van der Waals surface area contributed by atoms with E-state index < -0.39 is 9.84 Å². The second kappa shape index (κ2) is 8.25. The molecule has 2 heterocycles. The lowest BCUT2D eigenvalue weighted by Crippen LogP contribution is -2.58. The monoisotopic (exact) mass is 382 g/mol. The van der Waals surface area contributed by atoms with Crippen molar-refractivity contribution in [3.8, 4) is 5.75 Å². The predicted octanol–water partition coefficient (Wildman–Crippen LogP) is 1.27. The van der Waals surface area contributed by atoms with Crippen LogP contribution in [-0.2, 0) is 23.0 Å². The topological polar surface area (TPSA) is 70.1 Å². The first-order valence-electron chi connectivity index (χ1n) is 9.51. The molecule has 0 spiro atoms. The van der Waals surface area contributed by atoms with Crippen LogP contribution in [0, 0.1) is 0 Å². The third-order valence-electron chi connectivity index (χ3n) is 5.40. The summed E-state index contributed by atoms with van der Waals surface area (Å²) in [6.45, 7) is 8.01. The van der Waals surface area contributed by atoms with Crippen LogP contribution >= 0.6 is 0 Å². The van der Waals surface area contributed by atoms with Gasteiger partial charge >= 0.3 is 0 Å². The predicted molar refractivity (Wildman–Crippen MR) is 102 cm³/mol. The molecule has 1 aromatic carbocycles. The molecule has 0 aliphatic carbocycles. The zero-order valence-corrected chi connectivity index (χ0v) is 16.5. The average molecular weight is 383 g/mol. The van der Waals surface area contributed by atoms with Crippen molar-refractivity contribution in [2.75, 3.05) is 37.7 Å². The van der Waals surface area contributed by atoms with Crippen molar-refractivity contribution in [3.05, 3.63) is 29.3 Å². The van der Waals surface area contributed by atoms with E-state index in [0.29, 0.717) is 18.9 Å². The van der Waals surface area contributed by atoms with Crippen molar-refractivity contribution < 1.29 is 18.3 Å². The molecule has 0 unspecified atom stereocenters. The van der Waals surface area contributed by atoms with Gasteiger partial charge in [0, 0.05) is 37.3 Å². The number of aliphatic hydroxyl groups excluding tert-OH is 1. The quantitative estimate of drug-likeness (QED) is 0.766. The van der Waals surface area contributed by atoms with Gasteiger partial charge in [0.1, 0.15) is 5.75 Å². The fourth-order valence-corrected chi connectivity index (χ4v) is 6.29. The molecule has 2 aliphatic rings. The number of ether oxygens (including phenoxy) is 1. The molecule has 2 saturated heterocycles. The number of piperazine rings is 1. The van der Waals surface area contributed by atoms with Gasteiger partial charge in [-0.05, 0) is 37.6 Å². The third-order valence-corrected chi connectivity index (χ3v) is 7.10. The zero-order valence-electron chi connectivity index (χ0n) is 15.7. The molecule has 6 nitrogen and oxygen atoms in total. The number of benzene rings is 1. The second-order valence-electron chi connectivity index (χ2n) is 7.25. The van der Waals surface area contributed by atoms with Crippen molar-refractivity contribution >= 4 is 9.84 Å². The van der Waals surface area contributed by atoms with Crippen molar-refractivity contribution in [1.82, 2.24) is 9.80 Å². The van der Waals surface area contributed by atoms with Crippen LogP contribution in [0.25, 0.3) is 0 Å². The van der Waals surface area contributed by atoms with Crippen LogP contribution in [0.3, 0.4) is 0 Å². The number of hydrogen-bond donors (Lipinski definition) is 1. The van der Waals surface area contributed by atoms with Crippen molar-refractivity contribution in [2.45, 2.75) is 45.5 Å². The molecule has 0 radical (unpaired) electrons. The van der Waals surface area contributed by atoms with Crippen LogP contribution < -0.4 is 4.74 Å². The Bertz CT molecular complexity index is 722. The summed E-state index contributed by atoms with van der Waals surface area (Å²) in [7, 11) is -2.98. The molecule has 0 bridgehead atoms. The van der Waals surface area contributed by atoms with Crippen molar-refractivity contribution in [3.63, 3.8) is 0 Å². The minimum Gasteiger partial charge on any atom is -0.494 e. The lowest BCUT2D eigenvalue weighted by atomic mass is 10.0. The maximum atomic E-state index is 12.3. The van der Waals surface area contributed by atoms with E-state index in [4.69, 9.17) is 4.74 Å². The molecule has 146 valence electrons. The van der Waals surface area contributed by atoms with E-state index in [2.05, 4.69) is 16.7 Å². The summed E-state index contributed by atoms with van der Waals surface area (Å²) in [4.78, 5) is 4.65. The van der Waals surface area contributed by atoms with Gasteiger partial charge in [-0.25, -0.2) is 8.42 Å². The summed E-state index contributed by atoms with van der Waals surface area (Å²) in [5.74, 6) is 1.24. The molecule has 2 fully saturated rings. The summed E-state index contributed by atoms with van der Waals surface area (Å²) in [5, 5.41) is 9.61. The Morgan fingerprint density at radius 2 is 1.85 bits per heavy atom. The minimum absolute atomic E-state index is 0.0597. The van der Waals surface area contributed by atoms with Gasteiger partial charge in [0.25, 0.3) is 0 Å². The lowest BCUT2D eigenvalue weighted by Gasteiger charge is -2.44. The first kappa shape index (κ1) is 19.6. The third kappa shape index (κ3) is 4.22. The first-order valence-corrected chi connectivity index (χ1v) is 11.3. The van der Waals surface area contributed by atoms with Gasteiger partial charge < -0.3 is 9.84 Å². The summed E-state index contributed by atoms with van der Waals surface area (Å²) < 4.78 is 30.1. The standard InChI is InChI=1S/C19H30N2O4S/c1-3-7-20-8-9-21(18-14-26(23,24)13-17(18)20)11-15-5-6-19(25-4-2)16(10-15)12-22/h5-6,10,17-18,22H,3-4,7-9,11-14H2,1-2H3/t17-,18+/m1/s1. The van der Waals surface area contributed by atoms with Gasteiger partial charge in [0.2, 0.25) is 0 Å². The Morgan fingerprint density at radius 1 is 1.15 bits per heavy atom. The largest absolute Gasteiger partial charge is 0.494 e. The lowest BCUT2D eigenvalue weighted by molar-refractivity contribution is 0.0405. The first-order chi connectivity index (χ1) is 12.5. The van der Waals surface area contributed by atoms with E-state index in [9.17, 15) is 13.5 Å². The molecular formula is C19H30N2O4S. The Morgan fingerprint density at radius 3 is 2.50 bits per heavy atom. The molecule has 7 heteroatoms. The zero-order chi connectivity index (χ0) is 18.7. The van der Waals surface area contributed by atoms with E-state index in [0.717, 1.165) is 37.2 Å². The molecule has 26 heavy (non-hydrogen) atoms. The van der Waals surface area contributed by atoms with Gasteiger partial charge in [-0.15, -0.1) is 0 Å². The summed E-state index contributed by atoms with van der Waals surface area (Å²) in [6, 6.07) is 6.06. The molecule has 0 aromatic heterocycles. The number of sulfone groups is 1. The number of aliphatic hydroxyl groups is 1. The molecule has 1 N–H and O–H groups in total. The van der Waals surface area contributed by atoms with Crippen LogP contribution in [0.4, 0.5) is 0 Å². The number of hydrogen-bond acceptors (Lipinski definition) is 6. The smallest absolute Gasteiger partial charge is 0.153 e. The molecule has 2 aliphatic heterocycles. The maximum absolute atomic E-state index is 12.3. The minimum atomic E-state index is -2.98. The fraction of sp³-hybridized carbons (Fsp3) is 0.684. The van der Waals surface area contributed by atoms with Gasteiger partial charge in [0.15, 0.2) is 9.84 Å². The van der Waals surface area contributed by atoms with Gasteiger partial charge in [-0.3, -0.25) is 9.80 Å². The fourth-order valence-electron chi connectivity index (χ4n) is 4.24. The summed E-state index contributed by atoms with van der Waals surface area (Å²) >= 11 is 0. The van der Waals surface area contributed by atoms with Gasteiger partial charge in [-0.2, -0.15) is 0 Å². The SMILES string of the molecule is CCCN1CCN(Cc2ccc(OCC)c(CO)c2)[C@H]2CS(=O)(=O)C[C@H]21. The van der Waals surface area contributed by atoms with E-state index in [1.54, 1.807) is 0 Å².